The topological polar surface area (TPSA) is 12.0 Å². The molecule has 1 unspecified atom stereocenters. The van der Waals surface area contributed by atoms with Crippen LogP contribution in [0.1, 0.15) is 49.8 Å². The Morgan fingerprint density at radius 2 is 2.18 bits per heavy atom. The lowest BCUT2D eigenvalue weighted by molar-refractivity contribution is 0.230. The van der Waals surface area contributed by atoms with Crippen LogP contribution in [-0.4, -0.2) is 6.54 Å². The molecule has 2 rings (SSSR count). The summed E-state index contributed by atoms with van der Waals surface area (Å²) in [4.78, 5) is 0. The average molecular weight is 296 g/mol. The fourth-order valence-electron chi connectivity index (χ4n) is 2.59. The third-order valence-electron chi connectivity index (χ3n) is 3.80. The van der Waals surface area contributed by atoms with Gasteiger partial charge in [-0.3, -0.25) is 0 Å². The second-order valence-electron chi connectivity index (χ2n) is 5.12. The van der Waals surface area contributed by atoms with Crippen LogP contribution in [-0.2, 0) is 0 Å². The molecular weight excluding hydrogens is 274 g/mol. The second kappa shape index (κ2) is 6.01. The Morgan fingerprint density at radius 1 is 1.41 bits per heavy atom. The van der Waals surface area contributed by atoms with Gasteiger partial charge in [0.2, 0.25) is 0 Å². The van der Waals surface area contributed by atoms with Crippen molar-refractivity contribution in [2.75, 3.05) is 6.54 Å². The Kier molecular flexibility index (Phi) is 4.63. The van der Waals surface area contributed by atoms with Crippen LogP contribution in [0, 0.1) is 12.8 Å². The van der Waals surface area contributed by atoms with Gasteiger partial charge in [0.1, 0.15) is 0 Å². The summed E-state index contributed by atoms with van der Waals surface area (Å²) in [5.41, 5.74) is 2.89. The summed E-state index contributed by atoms with van der Waals surface area (Å²) in [6, 6.07) is 7.25. The summed E-state index contributed by atoms with van der Waals surface area (Å²) in [6.07, 6.45) is 5.39. The Morgan fingerprint density at radius 3 is 2.71 bits per heavy atom. The molecule has 0 aliphatic heterocycles. The van der Waals surface area contributed by atoms with Gasteiger partial charge < -0.3 is 5.32 Å². The van der Waals surface area contributed by atoms with Crippen LogP contribution >= 0.6 is 15.9 Å². The van der Waals surface area contributed by atoms with Gasteiger partial charge >= 0.3 is 0 Å². The van der Waals surface area contributed by atoms with Crippen molar-refractivity contribution in [2.24, 2.45) is 5.92 Å². The number of halogens is 1. The zero-order chi connectivity index (χ0) is 12.3. The maximum atomic E-state index is 3.73. The van der Waals surface area contributed by atoms with Crippen molar-refractivity contribution in [1.82, 2.24) is 5.32 Å². The molecule has 0 heterocycles. The minimum Gasteiger partial charge on any atom is -0.310 e. The molecule has 1 aliphatic carbocycles. The molecule has 1 aromatic carbocycles. The molecule has 0 saturated heterocycles. The van der Waals surface area contributed by atoms with Crippen LogP contribution in [0.15, 0.2) is 22.7 Å². The number of nitrogens with one attached hydrogen (secondary N) is 1. The summed E-state index contributed by atoms with van der Waals surface area (Å²) in [5, 5.41) is 3.73. The Labute approximate surface area is 113 Å². The van der Waals surface area contributed by atoms with Crippen LogP contribution in [0.4, 0.5) is 0 Å². The zero-order valence-electron chi connectivity index (χ0n) is 10.8. The van der Waals surface area contributed by atoms with E-state index in [9.17, 15) is 0 Å². The summed E-state index contributed by atoms with van der Waals surface area (Å²) in [5.74, 6) is 0.849. The van der Waals surface area contributed by atoms with Crippen molar-refractivity contribution < 1.29 is 0 Å². The van der Waals surface area contributed by atoms with Crippen LogP contribution in [0.3, 0.4) is 0 Å². The highest BCUT2D eigenvalue weighted by atomic mass is 79.9. The Bertz CT molecular complexity index is 371. The molecule has 0 radical (unpaired) electrons. The number of benzene rings is 1. The van der Waals surface area contributed by atoms with Crippen LogP contribution in [0.5, 0.6) is 0 Å². The van der Waals surface area contributed by atoms with Gasteiger partial charge in [0, 0.05) is 10.5 Å². The van der Waals surface area contributed by atoms with Gasteiger partial charge in [-0.05, 0) is 61.9 Å². The van der Waals surface area contributed by atoms with Gasteiger partial charge in [-0.15, -0.1) is 0 Å². The first-order chi connectivity index (χ1) is 8.22. The number of hydrogen-bond donors (Lipinski definition) is 1. The van der Waals surface area contributed by atoms with Crippen LogP contribution < -0.4 is 5.32 Å². The standard InChI is InChI=1S/C15H22BrN/c1-3-9-17-15(12-5-4-6-12)14-8-7-13(16)10-11(14)2/h7-8,10,12,15,17H,3-6,9H2,1-2H3. The molecule has 1 aliphatic rings. The van der Waals surface area contributed by atoms with E-state index in [2.05, 4.69) is 53.3 Å². The van der Waals surface area contributed by atoms with E-state index in [1.807, 2.05) is 0 Å². The highest BCUT2D eigenvalue weighted by molar-refractivity contribution is 9.10. The minimum absolute atomic E-state index is 0.566. The third kappa shape index (κ3) is 3.11. The van der Waals surface area contributed by atoms with Crippen molar-refractivity contribution >= 4 is 15.9 Å². The van der Waals surface area contributed by atoms with E-state index in [0.29, 0.717) is 6.04 Å². The smallest absolute Gasteiger partial charge is 0.0351 e. The quantitative estimate of drug-likeness (QED) is 0.837. The largest absolute Gasteiger partial charge is 0.310 e. The lowest BCUT2D eigenvalue weighted by atomic mass is 9.76. The first kappa shape index (κ1) is 13.1. The average Bonchev–Trinajstić information content (AvgIpc) is 2.22. The molecule has 2 heteroatoms. The van der Waals surface area contributed by atoms with E-state index in [4.69, 9.17) is 0 Å². The first-order valence-electron chi connectivity index (χ1n) is 6.71. The van der Waals surface area contributed by atoms with Gasteiger partial charge in [-0.2, -0.15) is 0 Å². The van der Waals surface area contributed by atoms with Gasteiger partial charge in [-0.25, -0.2) is 0 Å². The fourth-order valence-corrected chi connectivity index (χ4v) is 3.07. The highest BCUT2D eigenvalue weighted by Gasteiger charge is 2.28. The molecule has 0 aromatic heterocycles. The zero-order valence-corrected chi connectivity index (χ0v) is 12.4. The maximum Gasteiger partial charge on any atom is 0.0351 e. The molecule has 1 saturated carbocycles. The van der Waals surface area contributed by atoms with Crippen LogP contribution in [0.25, 0.3) is 0 Å². The van der Waals surface area contributed by atoms with Crippen molar-refractivity contribution in [3.63, 3.8) is 0 Å². The first-order valence-corrected chi connectivity index (χ1v) is 7.51. The van der Waals surface area contributed by atoms with E-state index in [1.165, 1.54) is 41.3 Å². The second-order valence-corrected chi connectivity index (χ2v) is 6.04. The number of aryl methyl sites for hydroxylation is 1. The minimum atomic E-state index is 0.566. The molecule has 1 fully saturated rings. The van der Waals surface area contributed by atoms with Gasteiger partial charge in [0.05, 0.1) is 0 Å². The molecular formula is C15H22BrN. The van der Waals surface area contributed by atoms with Gasteiger partial charge in [-0.1, -0.05) is 35.3 Å². The van der Waals surface area contributed by atoms with Crippen molar-refractivity contribution in [2.45, 2.75) is 45.6 Å². The van der Waals surface area contributed by atoms with E-state index in [1.54, 1.807) is 0 Å². The Hall–Kier alpha value is -0.340. The third-order valence-corrected chi connectivity index (χ3v) is 4.30. The van der Waals surface area contributed by atoms with Gasteiger partial charge in [0.15, 0.2) is 0 Å². The van der Waals surface area contributed by atoms with E-state index in [-0.39, 0.29) is 0 Å². The molecule has 0 bridgehead atoms. The van der Waals surface area contributed by atoms with E-state index in [0.717, 1.165) is 12.5 Å². The molecule has 17 heavy (non-hydrogen) atoms. The fraction of sp³-hybridized carbons (Fsp3) is 0.600. The summed E-state index contributed by atoms with van der Waals surface area (Å²) < 4.78 is 1.18. The van der Waals surface area contributed by atoms with Crippen molar-refractivity contribution in [3.8, 4) is 0 Å². The van der Waals surface area contributed by atoms with Crippen LogP contribution in [0.2, 0.25) is 0 Å². The SMILES string of the molecule is CCCNC(c1ccc(Br)cc1C)C1CCC1. The lowest BCUT2D eigenvalue weighted by Crippen LogP contribution is -2.33. The lowest BCUT2D eigenvalue weighted by Gasteiger charge is -2.35. The summed E-state index contributed by atoms with van der Waals surface area (Å²) in [7, 11) is 0. The maximum absolute atomic E-state index is 3.73. The van der Waals surface area contributed by atoms with Crippen molar-refractivity contribution in [3.05, 3.63) is 33.8 Å². The molecule has 1 nitrogen and oxygen atoms in total. The predicted octanol–water partition coefficient (Wildman–Crippen LogP) is 4.60. The summed E-state index contributed by atoms with van der Waals surface area (Å²) in [6.45, 7) is 5.58. The van der Waals surface area contributed by atoms with Gasteiger partial charge in [0.25, 0.3) is 0 Å². The predicted molar refractivity (Wildman–Crippen MR) is 77.3 cm³/mol. The molecule has 94 valence electrons. The molecule has 0 spiro atoms. The number of rotatable bonds is 5. The summed E-state index contributed by atoms with van der Waals surface area (Å²) >= 11 is 3.55. The number of hydrogen-bond acceptors (Lipinski definition) is 1. The molecule has 0 amide bonds. The van der Waals surface area contributed by atoms with Crippen molar-refractivity contribution in [1.29, 1.82) is 0 Å². The highest BCUT2D eigenvalue weighted by Crippen LogP contribution is 2.39. The molecule has 1 atom stereocenters. The molecule has 1 N–H and O–H groups in total. The van der Waals surface area contributed by atoms with E-state index < -0.39 is 0 Å². The van der Waals surface area contributed by atoms with E-state index >= 15 is 0 Å². The monoisotopic (exact) mass is 295 g/mol. The Balaban J connectivity index is 2.17. The normalized spacial score (nSPS) is 17.8. The molecule has 1 aromatic rings.